The topological polar surface area (TPSA) is 91.5 Å². The van der Waals surface area contributed by atoms with Gasteiger partial charge in [-0.1, -0.05) is 0 Å². The summed E-state index contributed by atoms with van der Waals surface area (Å²) >= 11 is 0. The maximum Gasteiger partial charge on any atom is 0.418 e. The minimum Gasteiger partial charge on any atom is -0.491 e. The van der Waals surface area contributed by atoms with Crippen molar-refractivity contribution in [1.82, 2.24) is 14.9 Å². The lowest BCUT2D eigenvalue weighted by atomic mass is 10.0. The number of anilines is 3. The van der Waals surface area contributed by atoms with Crippen LogP contribution in [0.25, 0.3) is 11.0 Å². The first-order valence-electron chi connectivity index (χ1n) is 11.6. The fraction of sp³-hybridized carbons (Fsp3) is 0.417. The van der Waals surface area contributed by atoms with E-state index in [9.17, 15) is 18.0 Å². The van der Waals surface area contributed by atoms with Crippen LogP contribution in [0.15, 0.2) is 24.4 Å². The number of hydrogen-bond donors (Lipinski definition) is 3. The summed E-state index contributed by atoms with van der Waals surface area (Å²) in [6, 6.07) is 5.05. The summed E-state index contributed by atoms with van der Waals surface area (Å²) in [4.78, 5) is 22.0. The highest BCUT2D eigenvalue weighted by molar-refractivity contribution is 5.98. The van der Waals surface area contributed by atoms with Crippen molar-refractivity contribution in [2.45, 2.75) is 32.5 Å². The lowest BCUT2D eigenvalue weighted by Crippen LogP contribution is -2.44. The number of morpholine rings is 1. The fourth-order valence-corrected chi connectivity index (χ4v) is 4.66. The molecule has 2 aliphatic rings. The summed E-state index contributed by atoms with van der Waals surface area (Å²) in [6.45, 7) is 6.19. The van der Waals surface area contributed by atoms with E-state index in [0.717, 1.165) is 11.8 Å². The Morgan fingerprint density at radius 2 is 2.11 bits per heavy atom. The third-order valence-electron chi connectivity index (χ3n) is 6.20. The molecule has 186 valence electrons. The van der Waals surface area contributed by atoms with Gasteiger partial charge in [0.2, 0.25) is 0 Å². The smallest absolute Gasteiger partial charge is 0.418 e. The number of hydrogen-bond acceptors (Lipinski definition) is 6. The van der Waals surface area contributed by atoms with Gasteiger partial charge >= 0.3 is 6.18 Å². The Morgan fingerprint density at radius 3 is 2.86 bits per heavy atom. The molecule has 2 aromatic heterocycles. The molecule has 1 amide bonds. The van der Waals surface area contributed by atoms with E-state index in [1.165, 1.54) is 0 Å². The SMILES string of the molecule is CCNc1cc(Nc2ccc(C(=O)N3CCO[C@@H](C)C3)c3c2OCC3)nc2[nH]cc(C(F)(F)F)c12. The average molecular weight is 489 g/mol. The molecule has 1 aromatic carbocycles. The Bertz CT molecular complexity index is 1270. The molecule has 0 spiro atoms. The number of aromatic amines is 1. The molecule has 2 aliphatic heterocycles. The van der Waals surface area contributed by atoms with Crippen LogP contribution in [-0.2, 0) is 17.3 Å². The van der Waals surface area contributed by atoms with Gasteiger partial charge in [-0.3, -0.25) is 4.79 Å². The van der Waals surface area contributed by atoms with Crippen LogP contribution in [0, 0.1) is 0 Å². The summed E-state index contributed by atoms with van der Waals surface area (Å²) < 4.78 is 51.8. The third-order valence-corrected chi connectivity index (χ3v) is 6.20. The first-order valence-corrected chi connectivity index (χ1v) is 11.6. The zero-order valence-corrected chi connectivity index (χ0v) is 19.4. The van der Waals surface area contributed by atoms with Crippen LogP contribution in [0.4, 0.5) is 30.4 Å². The second kappa shape index (κ2) is 8.95. The summed E-state index contributed by atoms with van der Waals surface area (Å²) in [6.07, 6.45) is -3.01. The third kappa shape index (κ3) is 4.36. The standard InChI is InChI=1S/C24H26F3N5O3/c1-3-28-18-10-19(31-22-20(18)16(11-29-22)24(25,26)27)30-17-5-4-15(14-6-8-35-21(14)17)23(33)32-7-9-34-13(2)12-32/h4-5,10-11,13H,3,6-9,12H2,1-2H3,(H3,28,29,30,31)/t13-/m0/s1. The second-order valence-corrected chi connectivity index (χ2v) is 8.63. The fourth-order valence-electron chi connectivity index (χ4n) is 4.66. The van der Waals surface area contributed by atoms with Crippen molar-refractivity contribution < 1.29 is 27.4 Å². The second-order valence-electron chi connectivity index (χ2n) is 8.63. The van der Waals surface area contributed by atoms with Gasteiger partial charge in [-0.25, -0.2) is 4.98 Å². The van der Waals surface area contributed by atoms with Crippen LogP contribution in [0.3, 0.4) is 0 Å². The quantitative estimate of drug-likeness (QED) is 0.487. The summed E-state index contributed by atoms with van der Waals surface area (Å²) in [5.74, 6) is 0.850. The minimum absolute atomic E-state index is 0.00735. The van der Waals surface area contributed by atoms with Gasteiger partial charge in [-0.05, 0) is 26.0 Å². The monoisotopic (exact) mass is 489 g/mol. The summed E-state index contributed by atoms with van der Waals surface area (Å²) in [5.41, 5.74) is 1.66. The minimum atomic E-state index is -4.51. The van der Waals surface area contributed by atoms with E-state index >= 15 is 0 Å². The number of aromatic nitrogens is 2. The highest BCUT2D eigenvalue weighted by atomic mass is 19.4. The Hall–Kier alpha value is -3.47. The average Bonchev–Trinajstić information content (AvgIpc) is 3.47. The lowest BCUT2D eigenvalue weighted by Gasteiger charge is -2.31. The van der Waals surface area contributed by atoms with Crippen LogP contribution in [0.5, 0.6) is 5.75 Å². The molecule has 0 bridgehead atoms. The Balaban J connectivity index is 1.48. The van der Waals surface area contributed by atoms with E-state index in [0.29, 0.717) is 67.8 Å². The van der Waals surface area contributed by atoms with Crippen molar-refractivity contribution in [3.8, 4) is 5.75 Å². The van der Waals surface area contributed by atoms with Crippen LogP contribution in [0.2, 0.25) is 0 Å². The predicted molar refractivity (Wildman–Crippen MR) is 126 cm³/mol. The number of nitrogens with one attached hydrogen (secondary N) is 3. The largest absolute Gasteiger partial charge is 0.491 e. The van der Waals surface area contributed by atoms with Gasteiger partial charge < -0.3 is 30.0 Å². The van der Waals surface area contributed by atoms with Gasteiger partial charge in [-0.2, -0.15) is 13.2 Å². The number of pyridine rings is 1. The van der Waals surface area contributed by atoms with Gasteiger partial charge in [0.05, 0.1) is 36.0 Å². The van der Waals surface area contributed by atoms with E-state index in [4.69, 9.17) is 9.47 Å². The van der Waals surface area contributed by atoms with E-state index < -0.39 is 11.7 Å². The molecule has 4 heterocycles. The molecule has 1 saturated heterocycles. The number of benzene rings is 1. The number of carbonyl (C=O) groups is 1. The summed E-state index contributed by atoms with van der Waals surface area (Å²) in [7, 11) is 0. The van der Waals surface area contributed by atoms with Crippen molar-refractivity contribution in [3.05, 3.63) is 41.1 Å². The molecule has 1 fully saturated rings. The molecule has 3 aromatic rings. The highest BCUT2D eigenvalue weighted by Gasteiger charge is 2.35. The Labute approximate surface area is 199 Å². The van der Waals surface area contributed by atoms with Crippen molar-refractivity contribution in [1.29, 1.82) is 0 Å². The molecule has 35 heavy (non-hydrogen) atoms. The normalized spacial score (nSPS) is 17.9. The number of carbonyl (C=O) groups excluding carboxylic acids is 1. The van der Waals surface area contributed by atoms with Gasteiger partial charge in [-0.15, -0.1) is 0 Å². The molecule has 1 atom stereocenters. The molecule has 0 radical (unpaired) electrons. The van der Waals surface area contributed by atoms with Crippen LogP contribution in [-0.4, -0.2) is 59.7 Å². The predicted octanol–water partition coefficient (Wildman–Crippen LogP) is 4.55. The van der Waals surface area contributed by atoms with Crippen molar-refractivity contribution in [2.75, 3.05) is 43.5 Å². The number of fused-ring (bicyclic) bond motifs is 2. The molecular weight excluding hydrogens is 463 g/mol. The molecule has 8 nitrogen and oxygen atoms in total. The van der Waals surface area contributed by atoms with E-state index in [1.54, 1.807) is 23.1 Å². The maximum atomic E-state index is 13.5. The number of nitrogens with zero attached hydrogens (tertiary/aromatic N) is 2. The van der Waals surface area contributed by atoms with Crippen LogP contribution in [0.1, 0.15) is 35.3 Å². The number of amides is 1. The van der Waals surface area contributed by atoms with Crippen LogP contribution >= 0.6 is 0 Å². The molecule has 0 aliphatic carbocycles. The van der Waals surface area contributed by atoms with E-state index in [-0.39, 0.29) is 23.0 Å². The maximum absolute atomic E-state index is 13.5. The van der Waals surface area contributed by atoms with Gasteiger partial charge in [0.15, 0.2) is 0 Å². The van der Waals surface area contributed by atoms with Crippen molar-refractivity contribution >= 4 is 34.1 Å². The number of ether oxygens (including phenoxy) is 2. The van der Waals surface area contributed by atoms with E-state index in [1.807, 2.05) is 13.8 Å². The first-order chi connectivity index (χ1) is 16.8. The molecule has 0 unspecified atom stereocenters. The van der Waals surface area contributed by atoms with Gasteiger partial charge in [0.25, 0.3) is 5.91 Å². The number of rotatable bonds is 5. The number of H-pyrrole nitrogens is 1. The number of alkyl halides is 3. The van der Waals surface area contributed by atoms with Crippen molar-refractivity contribution in [2.24, 2.45) is 0 Å². The molecule has 5 rings (SSSR count). The Kier molecular flexibility index (Phi) is 5.96. The van der Waals surface area contributed by atoms with Crippen LogP contribution < -0.4 is 15.4 Å². The molecular formula is C24H26F3N5O3. The zero-order valence-electron chi connectivity index (χ0n) is 19.4. The zero-order chi connectivity index (χ0) is 24.7. The van der Waals surface area contributed by atoms with Gasteiger partial charge in [0, 0.05) is 55.1 Å². The first kappa shape index (κ1) is 23.3. The summed E-state index contributed by atoms with van der Waals surface area (Å²) in [5, 5.41) is 6.17. The molecule has 3 N–H and O–H groups in total. The van der Waals surface area contributed by atoms with Gasteiger partial charge in [0.1, 0.15) is 17.2 Å². The van der Waals surface area contributed by atoms with E-state index in [2.05, 4.69) is 20.6 Å². The lowest BCUT2D eigenvalue weighted by molar-refractivity contribution is -0.136. The van der Waals surface area contributed by atoms with Crippen molar-refractivity contribution in [3.63, 3.8) is 0 Å². The highest BCUT2D eigenvalue weighted by Crippen LogP contribution is 2.41. The Morgan fingerprint density at radius 1 is 1.29 bits per heavy atom. The molecule has 11 heteroatoms. The number of halogens is 3. The molecule has 0 saturated carbocycles.